The lowest BCUT2D eigenvalue weighted by Gasteiger charge is -2.19. The Morgan fingerprint density at radius 1 is 1.32 bits per heavy atom. The first kappa shape index (κ1) is 14.4. The van der Waals surface area contributed by atoms with Gasteiger partial charge in [-0.2, -0.15) is 0 Å². The standard InChI is InChI=1S/C16H22ClNO/c1-18(12-14-8-4-5-9-15(14)17)16(19)11-10-13-6-2-3-7-13/h4-5,8-9,13H,2-3,6-7,10-12H2,1H3. The number of benzene rings is 1. The van der Waals surface area contributed by atoms with Gasteiger partial charge in [0.25, 0.3) is 0 Å². The second-order valence-corrected chi connectivity index (χ2v) is 5.94. The van der Waals surface area contributed by atoms with E-state index in [9.17, 15) is 4.79 Å². The van der Waals surface area contributed by atoms with Gasteiger partial charge in [-0.1, -0.05) is 55.5 Å². The zero-order chi connectivity index (χ0) is 13.7. The molecule has 1 aliphatic carbocycles. The van der Waals surface area contributed by atoms with Gasteiger partial charge in [0, 0.05) is 25.0 Å². The van der Waals surface area contributed by atoms with Crippen LogP contribution in [0.5, 0.6) is 0 Å². The first-order chi connectivity index (χ1) is 9.16. The third-order valence-electron chi connectivity index (χ3n) is 4.03. The summed E-state index contributed by atoms with van der Waals surface area (Å²) >= 11 is 6.12. The highest BCUT2D eigenvalue weighted by atomic mass is 35.5. The van der Waals surface area contributed by atoms with E-state index in [-0.39, 0.29) is 5.91 Å². The van der Waals surface area contributed by atoms with Gasteiger partial charge in [-0.05, 0) is 24.0 Å². The maximum Gasteiger partial charge on any atom is 0.222 e. The Morgan fingerprint density at radius 2 is 2.00 bits per heavy atom. The molecule has 0 N–H and O–H groups in total. The van der Waals surface area contributed by atoms with Crippen LogP contribution in [0.15, 0.2) is 24.3 Å². The largest absolute Gasteiger partial charge is 0.341 e. The van der Waals surface area contributed by atoms with E-state index in [0.717, 1.165) is 22.9 Å². The Labute approximate surface area is 120 Å². The van der Waals surface area contributed by atoms with Crippen LogP contribution in [0.3, 0.4) is 0 Å². The summed E-state index contributed by atoms with van der Waals surface area (Å²) in [5.41, 5.74) is 1.01. The number of carbonyl (C=O) groups is 1. The minimum absolute atomic E-state index is 0.229. The molecule has 19 heavy (non-hydrogen) atoms. The highest BCUT2D eigenvalue weighted by Gasteiger charge is 2.17. The number of nitrogens with zero attached hydrogens (tertiary/aromatic N) is 1. The molecule has 0 spiro atoms. The van der Waals surface area contributed by atoms with Gasteiger partial charge in [0.1, 0.15) is 0 Å². The van der Waals surface area contributed by atoms with Crippen molar-refractivity contribution in [3.63, 3.8) is 0 Å². The molecule has 0 bridgehead atoms. The predicted octanol–water partition coefficient (Wildman–Crippen LogP) is 4.27. The average Bonchev–Trinajstić information content (AvgIpc) is 2.91. The number of hydrogen-bond acceptors (Lipinski definition) is 1. The Kier molecular flexibility index (Phi) is 5.26. The van der Waals surface area contributed by atoms with Gasteiger partial charge in [-0.25, -0.2) is 0 Å². The Balaban J connectivity index is 1.80. The summed E-state index contributed by atoms with van der Waals surface area (Å²) in [6.45, 7) is 0.600. The molecule has 3 heteroatoms. The van der Waals surface area contributed by atoms with Gasteiger partial charge < -0.3 is 4.90 Å². The van der Waals surface area contributed by atoms with E-state index in [4.69, 9.17) is 11.6 Å². The Morgan fingerprint density at radius 3 is 2.68 bits per heavy atom. The summed E-state index contributed by atoms with van der Waals surface area (Å²) in [4.78, 5) is 13.9. The van der Waals surface area contributed by atoms with Gasteiger partial charge in [0.15, 0.2) is 0 Å². The van der Waals surface area contributed by atoms with Crippen molar-refractivity contribution in [3.05, 3.63) is 34.9 Å². The van der Waals surface area contributed by atoms with Gasteiger partial charge in [0.2, 0.25) is 5.91 Å². The Bertz CT molecular complexity index is 427. The fourth-order valence-electron chi connectivity index (χ4n) is 2.79. The molecule has 0 saturated heterocycles. The van der Waals surface area contributed by atoms with Crippen LogP contribution in [-0.2, 0) is 11.3 Å². The molecule has 1 fully saturated rings. The van der Waals surface area contributed by atoms with E-state index in [1.165, 1.54) is 25.7 Å². The van der Waals surface area contributed by atoms with Crippen LogP contribution >= 0.6 is 11.6 Å². The molecule has 0 aromatic heterocycles. The number of hydrogen-bond donors (Lipinski definition) is 0. The second-order valence-electron chi connectivity index (χ2n) is 5.53. The molecule has 0 unspecified atom stereocenters. The van der Waals surface area contributed by atoms with E-state index < -0.39 is 0 Å². The van der Waals surface area contributed by atoms with E-state index in [0.29, 0.717) is 13.0 Å². The van der Waals surface area contributed by atoms with Gasteiger partial charge in [0.05, 0.1) is 0 Å². The van der Waals surface area contributed by atoms with Crippen LogP contribution in [0.1, 0.15) is 44.1 Å². The van der Waals surface area contributed by atoms with Crippen LogP contribution in [-0.4, -0.2) is 17.9 Å². The summed E-state index contributed by atoms with van der Waals surface area (Å²) < 4.78 is 0. The van der Waals surface area contributed by atoms with Crippen molar-refractivity contribution in [2.24, 2.45) is 5.92 Å². The maximum absolute atomic E-state index is 12.1. The monoisotopic (exact) mass is 279 g/mol. The lowest BCUT2D eigenvalue weighted by molar-refractivity contribution is -0.130. The van der Waals surface area contributed by atoms with Crippen molar-refractivity contribution >= 4 is 17.5 Å². The molecule has 0 aliphatic heterocycles. The first-order valence-corrected chi connectivity index (χ1v) is 7.52. The molecule has 1 aromatic carbocycles. The van der Waals surface area contributed by atoms with Crippen molar-refractivity contribution in [2.45, 2.75) is 45.1 Å². The average molecular weight is 280 g/mol. The normalized spacial score (nSPS) is 15.7. The number of carbonyl (C=O) groups excluding carboxylic acids is 1. The fourth-order valence-corrected chi connectivity index (χ4v) is 2.98. The fraction of sp³-hybridized carbons (Fsp3) is 0.562. The molecule has 1 aliphatic rings. The van der Waals surface area contributed by atoms with Crippen LogP contribution in [0.4, 0.5) is 0 Å². The predicted molar refractivity (Wildman–Crippen MR) is 79.1 cm³/mol. The molecule has 1 saturated carbocycles. The van der Waals surface area contributed by atoms with Crippen molar-refractivity contribution < 1.29 is 4.79 Å². The zero-order valence-electron chi connectivity index (χ0n) is 11.6. The molecule has 0 radical (unpaired) electrons. The molecular weight excluding hydrogens is 258 g/mol. The van der Waals surface area contributed by atoms with Crippen molar-refractivity contribution in [2.75, 3.05) is 7.05 Å². The van der Waals surface area contributed by atoms with Crippen molar-refractivity contribution in [1.82, 2.24) is 4.90 Å². The van der Waals surface area contributed by atoms with Crippen LogP contribution in [0, 0.1) is 5.92 Å². The third-order valence-corrected chi connectivity index (χ3v) is 4.40. The summed E-state index contributed by atoms with van der Waals surface area (Å²) in [7, 11) is 1.86. The number of amides is 1. The minimum Gasteiger partial charge on any atom is -0.341 e. The molecule has 0 atom stereocenters. The zero-order valence-corrected chi connectivity index (χ0v) is 12.3. The number of halogens is 1. The Hall–Kier alpha value is -1.02. The lowest BCUT2D eigenvalue weighted by atomic mass is 10.0. The van der Waals surface area contributed by atoms with Gasteiger partial charge in [-0.3, -0.25) is 4.79 Å². The quantitative estimate of drug-likeness (QED) is 0.788. The van der Waals surface area contributed by atoms with E-state index >= 15 is 0 Å². The second kappa shape index (κ2) is 6.95. The summed E-state index contributed by atoms with van der Waals surface area (Å²) in [6, 6.07) is 7.71. The molecule has 1 aromatic rings. The van der Waals surface area contributed by atoms with E-state index in [2.05, 4.69) is 0 Å². The van der Waals surface area contributed by atoms with E-state index in [1.54, 1.807) is 4.90 Å². The SMILES string of the molecule is CN(Cc1ccccc1Cl)C(=O)CCC1CCCC1. The van der Waals surface area contributed by atoms with E-state index in [1.807, 2.05) is 31.3 Å². The molecule has 2 rings (SSSR count). The summed E-state index contributed by atoms with van der Waals surface area (Å²) in [5.74, 6) is 1.00. The summed E-state index contributed by atoms with van der Waals surface area (Å²) in [6.07, 6.45) is 7.02. The number of rotatable bonds is 5. The van der Waals surface area contributed by atoms with Crippen molar-refractivity contribution in [3.8, 4) is 0 Å². The van der Waals surface area contributed by atoms with Crippen LogP contribution < -0.4 is 0 Å². The molecule has 1 amide bonds. The highest BCUT2D eigenvalue weighted by molar-refractivity contribution is 6.31. The smallest absolute Gasteiger partial charge is 0.222 e. The summed E-state index contributed by atoms with van der Waals surface area (Å²) in [5, 5.41) is 0.734. The lowest BCUT2D eigenvalue weighted by Crippen LogP contribution is -2.26. The maximum atomic E-state index is 12.1. The van der Waals surface area contributed by atoms with Gasteiger partial charge >= 0.3 is 0 Å². The molecule has 104 valence electrons. The van der Waals surface area contributed by atoms with Crippen LogP contribution in [0.2, 0.25) is 5.02 Å². The third kappa shape index (κ3) is 4.24. The van der Waals surface area contributed by atoms with Gasteiger partial charge in [-0.15, -0.1) is 0 Å². The highest BCUT2D eigenvalue weighted by Crippen LogP contribution is 2.28. The minimum atomic E-state index is 0.229. The molecule has 0 heterocycles. The first-order valence-electron chi connectivity index (χ1n) is 7.14. The molecular formula is C16H22ClNO. The van der Waals surface area contributed by atoms with Crippen LogP contribution in [0.25, 0.3) is 0 Å². The van der Waals surface area contributed by atoms with Crippen molar-refractivity contribution in [1.29, 1.82) is 0 Å². The molecule has 2 nitrogen and oxygen atoms in total. The topological polar surface area (TPSA) is 20.3 Å².